The third kappa shape index (κ3) is 7.25. The minimum atomic E-state index is 0.194. The van der Waals surface area contributed by atoms with E-state index in [1.165, 1.54) is 16.7 Å². The monoisotopic (exact) mass is 457 g/mol. The fraction of sp³-hybridized carbons (Fsp3) is 0.190. The molecule has 2 aromatic carbocycles. The van der Waals surface area contributed by atoms with E-state index in [4.69, 9.17) is 25.0 Å². The molecule has 0 unspecified atom stereocenters. The van der Waals surface area contributed by atoms with Crippen molar-refractivity contribution in [2.75, 3.05) is 0 Å². The summed E-state index contributed by atoms with van der Waals surface area (Å²) in [4.78, 5) is 14.4. The quantitative estimate of drug-likeness (QED) is 0.287. The van der Waals surface area contributed by atoms with Gasteiger partial charge in [-0.25, -0.2) is 0 Å². The summed E-state index contributed by atoms with van der Waals surface area (Å²) in [6.45, 7) is 6.26. The summed E-state index contributed by atoms with van der Waals surface area (Å²) in [5, 5.41) is 3.98. The van der Waals surface area contributed by atoms with E-state index in [1.807, 2.05) is 42.6 Å². The van der Waals surface area contributed by atoms with Crippen LogP contribution in [0.2, 0.25) is 0 Å². The number of allylic oxidation sites excluding steroid dienone is 2. The Labute approximate surface area is 180 Å². The molecule has 148 valence electrons. The summed E-state index contributed by atoms with van der Waals surface area (Å²) < 4.78 is 0. The molecular formula is C21H21Cl2FeN3O. The van der Waals surface area contributed by atoms with Crippen LogP contribution in [0.25, 0.3) is 0 Å². The molecule has 0 bridgehead atoms. The van der Waals surface area contributed by atoms with Gasteiger partial charge in [-0.15, -0.1) is 0 Å². The molecule has 1 heterocycles. The summed E-state index contributed by atoms with van der Waals surface area (Å²) in [5.41, 5.74) is 6.32. The van der Waals surface area contributed by atoms with Crippen molar-refractivity contribution in [3.63, 3.8) is 0 Å². The molecular weight excluding hydrogens is 437 g/mol. The molecule has 0 saturated carbocycles. The molecule has 0 N–H and O–H groups in total. The van der Waals surface area contributed by atoms with Gasteiger partial charge in [-0.3, -0.25) is 9.98 Å². The second-order valence-corrected chi connectivity index (χ2v) is 7.95. The Hall–Kier alpha value is -1.91. The number of hydrogen-bond donors (Lipinski definition) is 0. The number of benzene rings is 2. The van der Waals surface area contributed by atoms with E-state index in [0.29, 0.717) is 5.75 Å². The van der Waals surface area contributed by atoms with E-state index in [9.17, 15) is 0 Å². The predicted molar refractivity (Wildman–Crippen MR) is 116 cm³/mol. The van der Waals surface area contributed by atoms with Gasteiger partial charge >= 0.3 is 33.3 Å². The summed E-state index contributed by atoms with van der Waals surface area (Å²) >= 11 is 0.194. The number of hydrogen-bond acceptors (Lipinski definition) is 4. The molecule has 4 nitrogen and oxygen atoms in total. The zero-order chi connectivity index (χ0) is 20.4. The van der Waals surface area contributed by atoms with Crippen molar-refractivity contribution in [1.82, 2.24) is 0 Å². The van der Waals surface area contributed by atoms with E-state index < -0.39 is 0 Å². The zero-order valence-electron chi connectivity index (χ0n) is 15.8. The van der Waals surface area contributed by atoms with E-state index in [2.05, 4.69) is 48.0 Å². The van der Waals surface area contributed by atoms with Crippen LogP contribution in [0.3, 0.4) is 0 Å². The van der Waals surface area contributed by atoms with Crippen molar-refractivity contribution in [1.29, 1.82) is 0 Å². The molecule has 0 saturated heterocycles. The molecule has 3 rings (SSSR count). The van der Waals surface area contributed by atoms with Gasteiger partial charge in [0.05, 0.1) is 29.5 Å². The Morgan fingerprint density at radius 2 is 1.68 bits per heavy atom. The summed E-state index contributed by atoms with van der Waals surface area (Å²) in [5.74, 6) is 0.706. The van der Waals surface area contributed by atoms with Gasteiger partial charge in [0, 0.05) is 6.42 Å². The first kappa shape index (κ1) is 22.4. The van der Waals surface area contributed by atoms with Crippen molar-refractivity contribution >= 4 is 44.0 Å². The average molecular weight is 458 g/mol. The van der Waals surface area contributed by atoms with Gasteiger partial charge in [-0.2, -0.15) is 0 Å². The van der Waals surface area contributed by atoms with Crippen molar-refractivity contribution in [3.05, 3.63) is 70.9 Å². The van der Waals surface area contributed by atoms with Crippen LogP contribution in [0.1, 0.15) is 23.1 Å². The Morgan fingerprint density at radius 1 is 1.04 bits per heavy atom. The van der Waals surface area contributed by atoms with Gasteiger partial charge in [0.15, 0.2) is 5.75 Å². The third-order valence-corrected chi connectivity index (χ3v) is 3.86. The standard InChI is InChI=1S/C21H21N3O.2ClH.Fe/c1-15-11-16(2)21(17(3)12-15)22-13-18-9-10-19(24-18)14-23-25-20-7-5-4-6-8-20;;;/h4-9,11-14H,10H2,1-3H3;2*1H;/q;;;+2/p-2/b22-13?,23-14+;;;. The Kier molecular flexibility index (Phi) is 9.45. The van der Waals surface area contributed by atoms with Crippen molar-refractivity contribution in [2.45, 2.75) is 27.2 Å². The molecule has 0 spiro atoms. The molecule has 0 aromatic heterocycles. The molecule has 2 aromatic rings. The Morgan fingerprint density at radius 3 is 2.32 bits per heavy atom. The molecule has 1 aliphatic rings. The van der Waals surface area contributed by atoms with Crippen molar-refractivity contribution < 1.29 is 18.0 Å². The predicted octanol–water partition coefficient (Wildman–Crippen LogP) is 6.48. The van der Waals surface area contributed by atoms with Gasteiger partial charge in [0.2, 0.25) is 0 Å². The minimum absolute atomic E-state index is 0.194. The van der Waals surface area contributed by atoms with Crippen LogP contribution in [-0.4, -0.2) is 18.1 Å². The summed E-state index contributed by atoms with van der Waals surface area (Å²) in [6, 6.07) is 13.7. The van der Waals surface area contributed by atoms with E-state index in [0.717, 1.165) is 23.5 Å². The van der Waals surface area contributed by atoms with Crippen LogP contribution < -0.4 is 4.84 Å². The van der Waals surface area contributed by atoms with Gasteiger partial charge < -0.3 is 4.84 Å². The summed E-state index contributed by atoms with van der Waals surface area (Å²) in [7, 11) is 9.53. The second kappa shape index (κ2) is 11.8. The van der Waals surface area contributed by atoms with Crippen LogP contribution >= 0.6 is 20.2 Å². The number of halogens is 2. The van der Waals surface area contributed by atoms with E-state index >= 15 is 0 Å². The van der Waals surface area contributed by atoms with Crippen molar-refractivity contribution in [3.8, 4) is 5.75 Å². The second-order valence-electron chi connectivity index (χ2n) is 6.13. The van der Waals surface area contributed by atoms with Crippen LogP contribution in [0.15, 0.2) is 69.4 Å². The Bertz CT molecular complexity index is 886. The number of aryl methyl sites for hydroxylation is 3. The zero-order valence-corrected chi connectivity index (χ0v) is 18.5. The molecule has 7 heteroatoms. The molecule has 0 fully saturated rings. The molecule has 0 radical (unpaired) electrons. The SMILES string of the molecule is Cc1cc(C)c(N=CC2=CCC(/C=N/Oc3ccccc3)=N2)c(C)c1.[Cl][Fe][Cl]. The number of nitrogens with zero attached hydrogens (tertiary/aromatic N) is 3. The number of oxime groups is 1. The number of rotatable bonds is 5. The van der Waals surface area contributed by atoms with Gasteiger partial charge in [0.1, 0.15) is 0 Å². The third-order valence-electron chi connectivity index (χ3n) is 3.86. The maximum atomic E-state index is 5.31. The fourth-order valence-electron chi connectivity index (χ4n) is 2.77. The van der Waals surface area contributed by atoms with Crippen LogP contribution in [-0.2, 0) is 13.1 Å². The molecule has 28 heavy (non-hydrogen) atoms. The first-order valence-corrected chi connectivity index (χ1v) is 11.6. The van der Waals surface area contributed by atoms with Gasteiger partial charge in [-0.05, 0) is 44.0 Å². The topological polar surface area (TPSA) is 46.3 Å². The molecule has 1 aliphatic heterocycles. The van der Waals surface area contributed by atoms with Gasteiger partial charge in [0.25, 0.3) is 0 Å². The van der Waals surface area contributed by atoms with E-state index in [-0.39, 0.29) is 13.1 Å². The van der Waals surface area contributed by atoms with Crippen LogP contribution in [0, 0.1) is 20.8 Å². The maximum absolute atomic E-state index is 5.31. The van der Waals surface area contributed by atoms with Crippen LogP contribution in [0.5, 0.6) is 5.75 Å². The number of aliphatic imine (C=N–C) groups is 2. The fourth-order valence-corrected chi connectivity index (χ4v) is 2.77. The van der Waals surface area contributed by atoms with Crippen LogP contribution in [0.4, 0.5) is 5.69 Å². The molecule has 0 atom stereocenters. The van der Waals surface area contributed by atoms with Gasteiger partial charge in [-0.1, -0.05) is 47.1 Å². The molecule has 0 aliphatic carbocycles. The summed E-state index contributed by atoms with van der Waals surface area (Å²) in [6.07, 6.45) is 6.22. The first-order valence-electron chi connectivity index (χ1n) is 8.53. The van der Waals surface area contributed by atoms with E-state index in [1.54, 1.807) is 6.21 Å². The number of para-hydroxylation sites is 1. The average Bonchev–Trinajstić information content (AvgIpc) is 3.10. The van der Waals surface area contributed by atoms with Crippen molar-refractivity contribution in [2.24, 2.45) is 15.1 Å². The molecule has 0 amide bonds. The Balaban J connectivity index is 0.000000878. The normalized spacial score (nSPS) is 13.5. The first-order chi connectivity index (χ1) is 13.5.